The Bertz CT molecular complexity index is 384. The van der Waals surface area contributed by atoms with E-state index in [1.54, 1.807) is 6.20 Å². The van der Waals surface area contributed by atoms with Crippen molar-refractivity contribution in [3.63, 3.8) is 0 Å². The Hall–Kier alpha value is -1.36. The third-order valence-corrected chi connectivity index (χ3v) is 2.43. The molecular weight excluding hydrogens is 184 g/mol. The number of aromatic nitrogens is 4. The van der Waals surface area contributed by atoms with Crippen molar-refractivity contribution in [3.05, 3.63) is 23.3 Å². The molecule has 2 heterocycles. The van der Waals surface area contributed by atoms with E-state index in [2.05, 4.69) is 26.5 Å². The standard InChI is InChI=1S/C8H8N4S/c1-2-7-10-8(12-13-7)6-4-3-5-9-11-6/h3-5H,2H2,1H3. The minimum absolute atomic E-state index is 0.676. The van der Waals surface area contributed by atoms with Crippen LogP contribution in [0, 0.1) is 0 Å². The molecule has 0 atom stereocenters. The lowest BCUT2D eigenvalue weighted by Crippen LogP contribution is -1.87. The van der Waals surface area contributed by atoms with Crippen molar-refractivity contribution in [3.8, 4) is 11.5 Å². The first-order valence-electron chi connectivity index (χ1n) is 4.01. The van der Waals surface area contributed by atoms with Crippen molar-refractivity contribution in [1.29, 1.82) is 0 Å². The Morgan fingerprint density at radius 2 is 2.38 bits per heavy atom. The van der Waals surface area contributed by atoms with E-state index < -0.39 is 0 Å². The van der Waals surface area contributed by atoms with Gasteiger partial charge in [-0.25, -0.2) is 4.98 Å². The Labute approximate surface area is 79.8 Å². The molecule has 0 unspecified atom stereocenters. The fourth-order valence-electron chi connectivity index (χ4n) is 0.923. The summed E-state index contributed by atoms with van der Waals surface area (Å²) >= 11 is 1.42. The molecule has 0 aliphatic rings. The SMILES string of the molecule is CCc1nc(-c2cccnn2)ns1. The summed E-state index contributed by atoms with van der Waals surface area (Å²) in [5, 5.41) is 8.73. The fourth-order valence-corrected chi connectivity index (χ4v) is 1.51. The molecule has 13 heavy (non-hydrogen) atoms. The average Bonchev–Trinajstić information content (AvgIpc) is 2.67. The van der Waals surface area contributed by atoms with E-state index in [0.29, 0.717) is 5.82 Å². The van der Waals surface area contributed by atoms with Crippen molar-refractivity contribution in [2.24, 2.45) is 0 Å². The van der Waals surface area contributed by atoms with E-state index in [9.17, 15) is 0 Å². The van der Waals surface area contributed by atoms with E-state index in [1.165, 1.54) is 11.5 Å². The molecule has 0 amide bonds. The van der Waals surface area contributed by atoms with Gasteiger partial charge in [-0.15, -0.1) is 5.10 Å². The molecule has 0 aromatic carbocycles. The number of aryl methyl sites for hydroxylation is 1. The Morgan fingerprint density at radius 1 is 1.46 bits per heavy atom. The van der Waals surface area contributed by atoms with Crippen molar-refractivity contribution < 1.29 is 0 Å². The Morgan fingerprint density at radius 3 is 3.00 bits per heavy atom. The van der Waals surface area contributed by atoms with Gasteiger partial charge in [0.25, 0.3) is 0 Å². The summed E-state index contributed by atoms with van der Waals surface area (Å²) in [4.78, 5) is 4.30. The highest BCUT2D eigenvalue weighted by Gasteiger charge is 2.05. The first-order chi connectivity index (χ1) is 6.40. The summed E-state index contributed by atoms with van der Waals surface area (Å²) in [6.45, 7) is 2.06. The second kappa shape index (κ2) is 3.57. The maximum atomic E-state index is 4.30. The normalized spacial score (nSPS) is 10.2. The Balaban J connectivity index is 2.36. The van der Waals surface area contributed by atoms with Crippen molar-refractivity contribution in [1.82, 2.24) is 19.6 Å². The van der Waals surface area contributed by atoms with Crippen LogP contribution in [0.4, 0.5) is 0 Å². The van der Waals surface area contributed by atoms with Gasteiger partial charge >= 0.3 is 0 Å². The second-order valence-electron chi connectivity index (χ2n) is 2.47. The van der Waals surface area contributed by atoms with Crippen LogP contribution in [-0.4, -0.2) is 19.6 Å². The van der Waals surface area contributed by atoms with Crippen LogP contribution in [0.3, 0.4) is 0 Å². The van der Waals surface area contributed by atoms with Gasteiger partial charge in [0.05, 0.1) is 0 Å². The quantitative estimate of drug-likeness (QED) is 0.724. The molecule has 2 aromatic rings. The highest BCUT2D eigenvalue weighted by molar-refractivity contribution is 7.05. The molecular formula is C8H8N4S. The minimum Gasteiger partial charge on any atom is -0.218 e. The van der Waals surface area contributed by atoms with Crippen LogP contribution in [-0.2, 0) is 6.42 Å². The lowest BCUT2D eigenvalue weighted by Gasteiger charge is -1.89. The number of hydrogen-bond acceptors (Lipinski definition) is 5. The summed E-state index contributed by atoms with van der Waals surface area (Å²) in [5.74, 6) is 0.676. The van der Waals surface area contributed by atoms with Gasteiger partial charge in [0.2, 0.25) is 0 Å². The minimum atomic E-state index is 0.676. The van der Waals surface area contributed by atoms with Crippen LogP contribution in [0.1, 0.15) is 11.9 Å². The molecule has 2 aromatic heterocycles. The largest absolute Gasteiger partial charge is 0.218 e. The molecule has 0 aliphatic carbocycles. The lowest BCUT2D eigenvalue weighted by molar-refractivity contribution is 1.01. The number of hydrogen-bond donors (Lipinski definition) is 0. The van der Waals surface area contributed by atoms with Gasteiger partial charge in [0.1, 0.15) is 10.7 Å². The number of nitrogens with zero attached hydrogens (tertiary/aromatic N) is 4. The number of rotatable bonds is 2. The molecule has 0 radical (unpaired) electrons. The summed E-state index contributed by atoms with van der Waals surface area (Å²) in [6.07, 6.45) is 2.55. The van der Waals surface area contributed by atoms with Crippen molar-refractivity contribution >= 4 is 11.5 Å². The topological polar surface area (TPSA) is 51.6 Å². The zero-order chi connectivity index (χ0) is 9.10. The molecule has 0 saturated carbocycles. The molecule has 0 aliphatic heterocycles. The lowest BCUT2D eigenvalue weighted by atomic mass is 10.4. The molecule has 2 rings (SSSR count). The Kier molecular flexibility index (Phi) is 2.27. The summed E-state index contributed by atoms with van der Waals surface area (Å²) < 4.78 is 4.19. The zero-order valence-corrected chi connectivity index (χ0v) is 7.95. The molecule has 66 valence electrons. The van der Waals surface area contributed by atoms with Gasteiger partial charge in [0, 0.05) is 6.20 Å². The van der Waals surface area contributed by atoms with Crippen LogP contribution in [0.5, 0.6) is 0 Å². The average molecular weight is 192 g/mol. The van der Waals surface area contributed by atoms with Crippen LogP contribution in [0.25, 0.3) is 11.5 Å². The van der Waals surface area contributed by atoms with E-state index in [1.807, 2.05) is 12.1 Å². The first kappa shape index (κ1) is 8.25. The van der Waals surface area contributed by atoms with Crippen LogP contribution < -0.4 is 0 Å². The van der Waals surface area contributed by atoms with Gasteiger partial charge in [0.15, 0.2) is 5.82 Å². The third-order valence-electron chi connectivity index (χ3n) is 1.57. The summed E-state index contributed by atoms with van der Waals surface area (Å²) in [7, 11) is 0. The van der Waals surface area contributed by atoms with Crippen LogP contribution >= 0.6 is 11.5 Å². The zero-order valence-electron chi connectivity index (χ0n) is 7.14. The predicted octanol–water partition coefficient (Wildman–Crippen LogP) is 1.56. The van der Waals surface area contributed by atoms with Crippen LogP contribution in [0.2, 0.25) is 0 Å². The maximum absolute atomic E-state index is 4.30. The highest BCUT2D eigenvalue weighted by atomic mass is 32.1. The van der Waals surface area contributed by atoms with Crippen molar-refractivity contribution in [2.45, 2.75) is 13.3 Å². The van der Waals surface area contributed by atoms with E-state index in [0.717, 1.165) is 17.1 Å². The summed E-state index contributed by atoms with van der Waals surface area (Å²) in [6, 6.07) is 3.68. The van der Waals surface area contributed by atoms with Gasteiger partial charge in [-0.2, -0.15) is 9.47 Å². The third kappa shape index (κ3) is 1.70. The smallest absolute Gasteiger partial charge is 0.193 e. The summed E-state index contributed by atoms with van der Waals surface area (Å²) in [5.41, 5.74) is 0.735. The van der Waals surface area contributed by atoms with Gasteiger partial charge in [-0.1, -0.05) is 6.92 Å². The van der Waals surface area contributed by atoms with Gasteiger partial charge in [-0.05, 0) is 30.1 Å². The van der Waals surface area contributed by atoms with E-state index in [4.69, 9.17) is 0 Å². The van der Waals surface area contributed by atoms with Gasteiger partial charge in [-0.3, -0.25) is 0 Å². The van der Waals surface area contributed by atoms with Crippen LogP contribution in [0.15, 0.2) is 18.3 Å². The first-order valence-corrected chi connectivity index (χ1v) is 4.78. The molecule has 0 bridgehead atoms. The molecule has 0 spiro atoms. The molecule has 4 nitrogen and oxygen atoms in total. The fraction of sp³-hybridized carbons (Fsp3) is 0.250. The highest BCUT2D eigenvalue weighted by Crippen LogP contribution is 2.14. The molecule has 5 heteroatoms. The molecule has 0 N–H and O–H groups in total. The monoisotopic (exact) mass is 192 g/mol. The molecule has 0 fully saturated rings. The molecule has 0 saturated heterocycles. The van der Waals surface area contributed by atoms with E-state index in [-0.39, 0.29) is 0 Å². The van der Waals surface area contributed by atoms with Crippen molar-refractivity contribution in [2.75, 3.05) is 0 Å². The predicted molar refractivity (Wildman–Crippen MR) is 50.3 cm³/mol. The van der Waals surface area contributed by atoms with E-state index >= 15 is 0 Å². The second-order valence-corrected chi connectivity index (χ2v) is 3.31. The maximum Gasteiger partial charge on any atom is 0.193 e. The van der Waals surface area contributed by atoms with Gasteiger partial charge < -0.3 is 0 Å².